The van der Waals surface area contributed by atoms with E-state index in [2.05, 4.69) is 30.2 Å². The van der Waals surface area contributed by atoms with Gasteiger partial charge in [0.15, 0.2) is 0 Å². The lowest BCUT2D eigenvalue weighted by molar-refractivity contribution is 0.453. The molecular formula is C17H21FN2O. The van der Waals surface area contributed by atoms with Crippen molar-refractivity contribution in [3.63, 3.8) is 0 Å². The van der Waals surface area contributed by atoms with Gasteiger partial charge in [0.05, 0.1) is 0 Å². The van der Waals surface area contributed by atoms with Gasteiger partial charge in [-0.2, -0.15) is 0 Å². The molecule has 0 amide bonds. The Balaban J connectivity index is 2.13. The van der Waals surface area contributed by atoms with Crippen LogP contribution in [0.4, 0.5) is 4.39 Å². The molecule has 112 valence electrons. The molecule has 0 radical (unpaired) electrons. The first-order valence-corrected chi connectivity index (χ1v) is 7.08. The molecule has 1 aromatic heterocycles. The summed E-state index contributed by atoms with van der Waals surface area (Å²) in [4.78, 5) is 4.36. The highest BCUT2D eigenvalue weighted by Gasteiger charge is 2.07. The zero-order valence-corrected chi connectivity index (χ0v) is 12.9. The molecule has 0 aliphatic heterocycles. The molecule has 3 nitrogen and oxygen atoms in total. The maximum absolute atomic E-state index is 13.1. The molecule has 1 N–H and O–H groups in total. The Kier molecular flexibility index (Phi) is 4.91. The zero-order valence-electron chi connectivity index (χ0n) is 12.9. The largest absolute Gasteiger partial charge is 0.438 e. The Labute approximate surface area is 125 Å². The number of benzene rings is 1. The summed E-state index contributed by atoms with van der Waals surface area (Å²) in [6, 6.07) is 6.95. The van der Waals surface area contributed by atoms with E-state index < -0.39 is 0 Å². The van der Waals surface area contributed by atoms with Crippen LogP contribution in [0.2, 0.25) is 0 Å². The molecule has 0 aliphatic rings. The van der Waals surface area contributed by atoms with Crippen LogP contribution in [0, 0.1) is 19.7 Å². The second-order valence-electron chi connectivity index (χ2n) is 5.51. The number of aromatic nitrogens is 1. The number of ether oxygens (including phenoxy) is 1. The Morgan fingerprint density at radius 1 is 1.19 bits per heavy atom. The van der Waals surface area contributed by atoms with Crippen molar-refractivity contribution in [1.82, 2.24) is 10.3 Å². The van der Waals surface area contributed by atoms with Gasteiger partial charge in [-0.1, -0.05) is 13.8 Å². The summed E-state index contributed by atoms with van der Waals surface area (Å²) in [5, 5.41) is 3.35. The average Bonchev–Trinajstić information content (AvgIpc) is 2.42. The lowest BCUT2D eigenvalue weighted by atomic mass is 10.2. The van der Waals surface area contributed by atoms with Crippen molar-refractivity contribution in [3.8, 4) is 11.6 Å². The van der Waals surface area contributed by atoms with Gasteiger partial charge in [0, 0.05) is 24.3 Å². The maximum atomic E-state index is 13.1. The van der Waals surface area contributed by atoms with Crippen LogP contribution in [0.25, 0.3) is 0 Å². The van der Waals surface area contributed by atoms with Gasteiger partial charge in [-0.15, -0.1) is 0 Å². The molecule has 1 aromatic carbocycles. The summed E-state index contributed by atoms with van der Waals surface area (Å²) in [5.74, 6) is 0.915. The fourth-order valence-corrected chi connectivity index (χ4v) is 1.98. The van der Waals surface area contributed by atoms with Crippen molar-refractivity contribution < 1.29 is 9.13 Å². The van der Waals surface area contributed by atoms with Crippen LogP contribution >= 0.6 is 0 Å². The third-order valence-electron chi connectivity index (χ3n) is 3.14. The molecule has 0 saturated carbocycles. The predicted molar refractivity (Wildman–Crippen MR) is 82.2 cm³/mol. The third kappa shape index (κ3) is 4.26. The van der Waals surface area contributed by atoms with E-state index in [0.29, 0.717) is 17.7 Å². The minimum atomic E-state index is -0.264. The molecule has 0 bridgehead atoms. The van der Waals surface area contributed by atoms with Crippen LogP contribution < -0.4 is 10.1 Å². The van der Waals surface area contributed by atoms with Gasteiger partial charge in [0.25, 0.3) is 0 Å². The van der Waals surface area contributed by atoms with Crippen molar-refractivity contribution in [2.45, 2.75) is 40.3 Å². The number of hydrogen-bond acceptors (Lipinski definition) is 3. The third-order valence-corrected chi connectivity index (χ3v) is 3.14. The SMILES string of the molecule is Cc1cc(F)ccc1Oc1ncc(CNC(C)C)cc1C. The first-order valence-electron chi connectivity index (χ1n) is 7.08. The topological polar surface area (TPSA) is 34.1 Å². The fourth-order valence-electron chi connectivity index (χ4n) is 1.98. The van der Waals surface area contributed by atoms with Crippen LogP contribution in [0.15, 0.2) is 30.5 Å². The monoisotopic (exact) mass is 288 g/mol. The zero-order chi connectivity index (χ0) is 15.4. The van der Waals surface area contributed by atoms with E-state index in [-0.39, 0.29) is 5.82 Å². The molecule has 0 saturated heterocycles. The molecule has 21 heavy (non-hydrogen) atoms. The molecule has 2 aromatic rings. The van der Waals surface area contributed by atoms with Gasteiger partial charge < -0.3 is 10.1 Å². The second-order valence-corrected chi connectivity index (χ2v) is 5.51. The number of halogens is 1. The van der Waals surface area contributed by atoms with E-state index >= 15 is 0 Å². The number of nitrogens with zero attached hydrogens (tertiary/aromatic N) is 1. The van der Waals surface area contributed by atoms with Crippen LogP contribution in [0.1, 0.15) is 30.5 Å². The smallest absolute Gasteiger partial charge is 0.222 e. The van der Waals surface area contributed by atoms with Crippen molar-refractivity contribution in [1.29, 1.82) is 0 Å². The van der Waals surface area contributed by atoms with E-state index in [1.54, 1.807) is 12.3 Å². The van der Waals surface area contributed by atoms with Crippen LogP contribution in [-0.4, -0.2) is 11.0 Å². The fraction of sp³-hybridized carbons (Fsp3) is 0.353. The minimum Gasteiger partial charge on any atom is -0.438 e. The van der Waals surface area contributed by atoms with Crippen molar-refractivity contribution in [2.24, 2.45) is 0 Å². The van der Waals surface area contributed by atoms with Gasteiger partial charge in [-0.3, -0.25) is 0 Å². The van der Waals surface area contributed by atoms with Crippen molar-refractivity contribution in [2.75, 3.05) is 0 Å². The van der Waals surface area contributed by atoms with Crippen molar-refractivity contribution in [3.05, 3.63) is 53.0 Å². The van der Waals surface area contributed by atoms with Gasteiger partial charge >= 0.3 is 0 Å². The van der Waals surface area contributed by atoms with Crippen LogP contribution in [-0.2, 0) is 6.54 Å². The van der Waals surface area contributed by atoms with Gasteiger partial charge in [-0.05, 0) is 49.2 Å². The highest BCUT2D eigenvalue weighted by Crippen LogP contribution is 2.26. The Morgan fingerprint density at radius 2 is 1.95 bits per heavy atom. The molecule has 0 atom stereocenters. The van der Waals surface area contributed by atoms with Gasteiger partial charge in [-0.25, -0.2) is 9.37 Å². The average molecular weight is 288 g/mol. The van der Waals surface area contributed by atoms with E-state index in [0.717, 1.165) is 23.2 Å². The molecule has 0 spiro atoms. The van der Waals surface area contributed by atoms with E-state index in [4.69, 9.17) is 4.74 Å². The highest BCUT2D eigenvalue weighted by molar-refractivity contribution is 5.38. The molecular weight excluding hydrogens is 267 g/mol. The molecule has 0 fully saturated rings. The second kappa shape index (κ2) is 6.68. The first kappa shape index (κ1) is 15.4. The highest BCUT2D eigenvalue weighted by atomic mass is 19.1. The van der Waals surface area contributed by atoms with Gasteiger partial charge in [0.1, 0.15) is 11.6 Å². The van der Waals surface area contributed by atoms with E-state index in [1.807, 2.05) is 13.8 Å². The summed E-state index contributed by atoms with van der Waals surface area (Å²) in [7, 11) is 0. The number of rotatable bonds is 5. The first-order chi connectivity index (χ1) is 9.95. The molecule has 1 heterocycles. The summed E-state index contributed by atoms with van der Waals surface area (Å²) in [5.41, 5.74) is 2.83. The van der Waals surface area contributed by atoms with Crippen LogP contribution in [0.3, 0.4) is 0 Å². The van der Waals surface area contributed by atoms with Crippen molar-refractivity contribution >= 4 is 0 Å². The standard InChI is InChI=1S/C17H21FN2O/c1-11(2)19-9-14-7-13(4)17(20-10-14)21-16-6-5-15(18)8-12(16)3/h5-8,10-11,19H,9H2,1-4H3. The number of pyridine rings is 1. The molecule has 0 aliphatic carbocycles. The summed E-state index contributed by atoms with van der Waals surface area (Å²) in [6.07, 6.45) is 1.80. The summed E-state index contributed by atoms with van der Waals surface area (Å²) < 4.78 is 18.9. The Hall–Kier alpha value is -1.94. The number of hydrogen-bond donors (Lipinski definition) is 1. The lowest BCUT2D eigenvalue weighted by Gasteiger charge is -2.12. The number of nitrogens with one attached hydrogen (secondary N) is 1. The maximum Gasteiger partial charge on any atom is 0.222 e. The van der Waals surface area contributed by atoms with Gasteiger partial charge in [0.2, 0.25) is 5.88 Å². The molecule has 4 heteroatoms. The minimum absolute atomic E-state index is 0.264. The quantitative estimate of drug-likeness (QED) is 0.898. The summed E-state index contributed by atoms with van der Waals surface area (Å²) in [6.45, 7) is 8.76. The Morgan fingerprint density at radius 3 is 2.57 bits per heavy atom. The predicted octanol–water partition coefficient (Wildman–Crippen LogP) is 4.13. The van der Waals surface area contributed by atoms with E-state index in [1.165, 1.54) is 12.1 Å². The normalized spacial score (nSPS) is 11.0. The summed E-state index contributed by atoms with van der Waals surface area (Å²) >= 11 is 0. The Bertz CT molecular complexity index is 626. The van der Waals surface area contributed by atoms with E-state index in [9.17, 15) is 4.39 Å². The lowest BCUT2D eigenvalue weighted by Crippen LogP contribution is -2.21. The molecule has 0 unspecified atom stereocenters. The van der Waals surface area contributed by atoms with Crippen LogP contribution in [0.5, 0.6) is 11.6 Å². The number of aryl methyl sites for hydroxylation is 2. The molecule has 2 rings (SSSR count).